The first-order valence-corrected chi connectivity index (χ1v) is 9.32. The highest BCUT2D eigenvalue weighted by Gasteiger charge is 2.10. The quantitative estimate of drug-likeness (QED) is 0.501. The molecule has 0 atom stereocenters. The van der Waals surface area contributed by atoms with Gasteiger partial charge in [0.05, 0.1) is 18.5 Å². The van der Waals surface area contributed by atoms with Gasteiger partial charge in [-0.05, 0) is 50.6 Å². The van der Waals surface area contributed by atoms with E-state index in [1.165, 1.54) is 6.08 Å². The number of carbonyl (C=O) groups is 1. The summed E-state index contributed by atoms with van der Waals surface area (Å²) in [5.41, 5.74) is 4.80. The standard InChI is InChI=1S/C22H24N6O2/c1-6-19(29)26-18-9-13(2)7-8-17(18)27-21-14(3)12-23-22(28-21)25-16-10-15(4)24-20(11-16)30-5/h6-12H,1H2,2-5H3,(H,26,29)(H2,23,24,25,27,28). The van der Waals surface area contributed by atoms with Gasteiger partial charge >= 0.3 is 0 Å². The molecule has 0 spiro atoms. The molecule has 3 N–H and O–H groups in total. The fourth-order valence-corrected chi connectivity index (χ4v) is 2.75. The number of anilines is 5. The molecule has 0 unspecified atom stereocenters. The minimum atomic E-state index is -0.285. The number of hydrogen-bond acceptors (Lipinski definition) is 7. The molecule has 0 fully saturated rings. The predicted octanol–water partition coefficient (Wildman–Crippen LogP) is 4.42. The van der Waals surface area contributed by atoms with Crippen LogP contribution in [-0.4, -0.2) is 28.0 Å². The lowest BCUT2D eigenvalue weighted by Crippen LogP contribution is -2.10. The largest absolute Gasteiger partial charge is 0.481 e. The molecule has 0 bridgehead atoms. The number of hydrogen-bond donors (Lipinski definition) is 3. The van der Waals surface area contributed by atoms with Gasteiger partial charge in [0.1, 0.15) is 5.82 Å². The van der Waals surface area contributed by atoms with Crippen LogP contribution in [0.2, 0.25) is 0 Å². The second-order valence-electron chi connectivity index (χ2n) is 6.76. The first kappa shape index (κ1) is 20.8. The molecule has 0 aliphatic rings. The lowest BCUT2D eigenvalue weighted by atomic mass is 10.2. The third-order valence-electron chi connectivity index (χ3n) is 4.24. The number of nitrogens with one attached hydrogen (secondary N) is 3. The molecule has 1 aromatic carbocycles. The summed E-state index contributed by atoms with van der Waals surface area (Å²) < 4.78 is 5.21. The Hall–Kier alpha value is -3.94. The Morgan fingerprint density at radius 2 is 1.87 bits per heavy atom. The monoisotopic (exact) mass is 404 g/mol. The second kappa shape index (κ2) is 9.04. The molecule has 3 rings (SSSR count). The van der Waals surface area contributed by atoms with Gasteiger partial charge in [0, 0.05) is 29.2 Å². The molecule has 0 saturated carbocycles. The van der Waals surface area contributed by atoms with Gasteiger partial charge in [-0.1, -0.05) is 12.6 Å². The highest BCUT2D eigenvalue weighted by atomic mass is 16.5. The van der Waals surface area contributed by atoms with Crippen molar-refractivity contribution >= 4 is 34.7 Å². The van der Waals surface area contributed by atoms with Gasteiger partial charge in [-0.3, -0.25) is 4.79 Å². The Bertz CT molecular complexity index is 1100. The van der Waals surface area contributed by atoms with Gasteiger partial charge in [0.15, 0.2) is 0 Å². The summed E-state index contributed by atoms with van der Waals surface area (Å²) in [5.74, 6) is 1.25. The molecule has 2 heterocycles. The molecule has 30 heavy (non-hydrogen) atoms. The fraction of sp³-hybridized carbons (Fsp3) is 0.182. The summed E-state index contributed by atoms with van der Waals surface area (Å²) >= 11 is 0. The van der Waals surface area contributed by atoms with Crippen LogP contribution >= 0.6 is 0 Å². The van der Waals surface area contributed by atoms with Gasteiger partial charge in [-0.15, -0.1) is 0 Å². The van der Waals surface area contributed by atoms with Crippen LogP contribution in [0.15, 0.2) is 49.2 Å². The summed E-state index contributed by atoms with van der Waals surface area (Å²) in [4.78, 5) is 25.0. The normalized spacial score (nSPS) is 10.3. The first-order chi connectivity index (χ1) is 14.4. The molecule has 2 aromatic heterocycles. The number of methoxy groups -OCH3 is 1. The van der Waals surface area contributed by atoms with Crippen molar-refractivity contribution < 1.29 is 9.53 Å². The van der Waals surface area contributed by atoms with Crippen LogP contribution in [0.25, 0.3) is 0 Å². The van der Waals surface area contributed by atoms with Crippen LogP contribution in [0.5, 0.6) is 5.88 Å². The first-order valence-electron chi connectivity index (χ1n) is 9.32. The minimum absolute atomic E-state index is 0.285. The second-order valence-corrected chi connectivity index (χ2v) is 6.76. The number of pyridine rings is 1. The molecular weight excluding hydrogens is 380 g/mol. The van der Waals surface area contributed by atoms with Crippen molar-refractivity contribution in [3.63, 3.8) is 0 Å². The number of aromatic nitrogens is 3. The maximum Gasteiger partial charge on any atom is 0.247 e. The van der Waals surface area contributed by atoms with E-state index < -0.39 is 0 Å². The van der Waals surface area contributed by atoms with Gasteiger partial charge in [0.2, 0.25) is 17.7 Å². The maximum atomic E-state index is 11.8. The van der Waals surface area contributed by atoms with Gasteiger partial charge in [0.25, 0.3) is 0 Å². The number of carbonyl (C=O) groups excluding carboxylic acids is 1. The maximum absolute atomic E-state index is 11.8. The van der Waals surface area contributed by atoms with Crippen LogP contribution in [0.3, 0.4) is 0 Å². The Morgan fingerprint density at radius 1 is 1.07 bits per heavy atom. The lowest BCUT2D eigenvalue weighted by Gasteiger charge is -2.15. The van der Waals surface area contributed by atoms with Crippen molar-refractivity contribution in [2.24, 2.45) is 0 Å². The smallest absolute Gasteiger partial charge is 0.247 e. The van der Waals surface area contributed by atoms with Crippen molar-refractivity contribution in [2.45, 2.75) is 20.8 Å². The Morgan fingerprint density at radius 3 is 2.60 bits per heavy atom. The third kappa shape index (κ3) is 5.11. The molecule has 8 heteroatoms. The van der Waals surface area contributed by atoms with Gasteiger partial charge in [-0.25, -0.2) is 9.97 Å². The van der Waals surface area contributed by atoms with E-state index in [2.05, 4.69) is 37.5 Å². The van der Waals surface area contributed by atoms with Crippen molar-refractivity contribution in [3.05, 3.63) is 66.0 Å². The zero-order valence-electron chi connectivity index (χ0n) is 17.4. The number of ether oxygens (including phenoxy) is 1. The molecule has 0 aliphatic heterocycles. The van der Waals surface area contributed by atoms with Gasteiger partial charge in [-0.2, -0.15) is 4.98 Å². The molecular formula is C22H24N6O2. The molecule has 0 aliphatic carbocycles. The van der Waals surface area contributed by atoms with Crippen LogP contribution < -0.4 is 20.7 Å². The molecule has 1 amide bonds. The summed E-state index contributed by atoms with van der Waals surface area (Å²) in [6.07, 6.45) is 2.95. The number of aryl methyl sites for hydroxylation is 3. The van der Waals surface area contributed by atoms with Crippen molar-refractivity contribution in [3.8, 4) is 5.88 Å². The molecule has 0 saturated heterocycles. The summed E-state index contributed by atoms with van der Waals surface area (Å²) in [7, 11) is 1.57. The average Bonchev–Trinajstić information content (AvgIpc) is 2.71. The molecule has 0 radical (unpaired) electrons. The molecule has 154 valence electrons. The van der Waals surface area contributed by atoms with Crippen LogP contribution in [0.1, 0.15) is 16.8 Å². The number of amides is 1. The van der Waals surface area contributed by atoms with Crippen molar-refractivity contribution in [1.82, 2.24) is 15.0 Å². The summed E-state index contributed by atoms with van der Waals surface area (Å²) in [6, 6.07) is 9.37. The summed E-state index contributed by atoms with van der Waals surface area (Å²) in [5, 5.41) is 9.27. The lowest BCUT2D eigenvalue weighted by molar-refractivity contribution is -0.111. The zero-order valence-corrected chi connectivity index (χ0v) is 17.4. The average molecular weight is 404 g/mol. The highest BCUT2D eigenvalue weighted by Crippen LogP contribution is 2.28. The van der Waals surface area contributed by atoms with E-state index in [4.69, 9.17) is 4.74 Å². The zero-order chi connectivity index (χ0) is 21.7. The Balaban J connectivity index is 1.89. The van der Waals surface area contributed by atoms with E-state index >= 15 is 0 Å². The predicted molar refractivity (Wildman–Crippen MR) is 119 cm³/mol. The topological polar surface area (TPSA) is 101 Å². The van der Waals surface area contributed by atoms with E-state index in [0.717, 1.165) is 22.5 Å². The molecule has 3 aromatic rings. The Labute approximate surface area is 175 Å². The van der Waals surface area contributed by atoms with Crippen LogP contribution in [-0.2, 0) is 4.79 Å². The Kier molecular flexibility index (Phi) is 6.26. The van der Waals surface area contributed by atoms with Gasteiger partial charge < -0.3 is 20.7 Å². The molecule has 8 nitrogen and oxygen atoms in total. The van der Waals surface area contributed by atoms with Crippen LogP contribution in [0, 0.1) is 20.8 Å². The number of nitrogens with zero attached hydrogens (tertiary/aromatic N) is 3. The van der Waals surface area contributed by atoms with Crippen molar-refractivity contribution in [1.29, 1.82) is 0 Å². The fourth-order valence-electron chi connectivity index (χ4n) is 2.75. The minimum Gasteiger partial charge on any atom is -0.481 e. The number of rotatable bonds is 7. The van der Waals surface area contributed by atoms with E-state index in [-0.39, 0.29) is 5.91 Å². The van der Waals surface area contributed by atoms with Crippen LogP contribution in [0.4, 0.5) is 28.8 Å². The van der Waals surface area contributed by atoms with E-state index in [1.54, 1.807) is 19.4 Å². The third-order valence-corrected chi connectivity index (χ3v) is 4.24. The SMILES string of the molecule is C=CC(=O)Nc1cc(C)ccc1Nc1nc(Nc2cc(C)nc(OC)c2)ncc1C. The highest BCUT2D eigenvalue weighted by molar-refractivity contribution is 6.01. The van der Waals surface area contributed by atoms with Crippen molar-refractivity contribution in [2.75, 3.05) is 23.1 Å². The van der Waals surface area contributed by atoms with E-state index in [9.17, 15) is 4.79 Å². The van der Waals surface area contributed by atoms with E-state index in [1.807, 2.05) is 45.0 Å². The number of benzene rings is 1. The summed E-state index contributed by atoms with van der Waals surface area (Å²) in [6.45, 7) is 9.24. The van der Waals surface area contributed by atoms with E-state index in [0.29, 0.717) is 29.0 Å².